The van der Waals surface area contributed by atoms with Crippen molar-refractivity contribution in [1.82, 2.24) is 5.32 Å². The number of hydrogen-bond donors (Lipinski definition) is 2. The average molecular weight is 344 g/mol. The summed E-state index contributed by atoms with van der Waals surface area (Å²) < 4.78 is 16.3. The Morgan fingerprint density at radius 2 is 1.68 bits per heavy atom. The monoisotopic (exact) mass is 344 g/mol. The molecule has 0 atom stereocenters. The highest BCUT2D eigenvalue weighted by atomic mass is 16.5. The summed E-state index contributed by atoms with van der Waals surface area (Å²) in [4.78, 5) is 12.1. The molecule has 0 spiro atoms. The topological polar surface area (TPSA) is 68.8 Å². The Labute approximate surface area is 148 Å². The molecule has 2 rings (SSSR count). The molecule has 0 radical (unpaired) electrons. The van der Waals surface area contributed by atoms with Crippen molar-refractivity contribution in [2.45, 2.75) is 20.4 Å². The molecule has 2 amide bonds. The highest BCUT2D eigenvalue weighted by Crippen LogP contribution is 2.30. The highest BCUT2D eigenvalue weighted by molar-refractivity contribution is 5.89. The molecule has 2 N–H and O–H groups in total. The van der Waals surface area contributed by atoms with Gasteiger partial charge >= 0.3 is 6.03 Å². The lowest BCUT2D eigenvalue weighted by atomic mass is 10.2. The number of anilines is 1. The van der Waals surface area contributed by atoms with Gasteiger partial charge in [-0.2, -0.15) is 0 Å². The van der Waals surface area contributed by atoms with Crippen molar-refractivity contribution < 1.29 is 19.0 Å². The Bertz CT molecular complexity index is 704. The molecule has 0 aliphatic heterocycles. The summed E-state index contributed by atoms with van der Waals surface area (Å²) >= 11 is 0. The molecule has 0 fully saturated rings. The van der Waals surface area contributed by atoms with Crippen LogP contribution >= 0.6 is 0 Å². The molecule has 134 valence electrons. The molecular weight excluding hydrogens is 320 g/mol. The van der Waals surface area contributed by atoms with E-state index in [4.69, 9.17) is 14.2 Å². The standard InChI is InChI=1S/C19H24N2O4/c1-4-24-17-11-10-15(12-18(17)25-5-2)21-19(22)20-13-14-8-6-7-9-16(14)23-3/h6-12H,4-5,13H2,1-3H3,(H2,20,21,22). The molecule has 2 aromatic carbocycles. The Kier molecular flexibility index (Phi) is 6.95. The first-order chi connectivity index (χ1) is 12.2. The van der Waals surface area contributed by atoms with Gasteiger partial charge in [0.05, 0.1) is 20.3 Å². The highest BCUT2D eigenvalue weighted by Gasteiger charge is 2.09. The third-order valence-electron chi connectivity index (χ3n) is 3.43. The minimum absolute atomic E-state index is 0.308. The average Bonchev–Trinajstić information content (AvgIpc) is 2.62. The Morgan fingerprint density at radius 3 is 2.40 bits per heavy atom. The van der Waals surface area contributed by atoms with Crippen molar-refractivity contribution in [3.63, 3.8) is 0 Å². The normalized spacial score (nSPS) is 10.0. The number of carbonyl (C=O) groups is 1. The van der Waals surface area contributed by atoms with Gasteiger partial charge in [-0.15, -0.1) is 0 Å². The van der Waals surface area contributed by atoms with E-state index in [0.717, 1.165) is 11.3 Å². The van der Waals surface area contributed by atoms with Crippen LogP contribution in [0.2, 0.25) is 0 Å². The van der Waals surface area contributed by atoms with Gasteiger partial charge in [0.1, 0.15) is 5.75 Å². The number of amides is 2. The fraction of sp³-hybridized carbons (Fsp3) is 0.316. The predicted molar refractivity (Wildman–Crippen MR) is 97.6 cm³/mol. The van der Waals surface area contributed by atoms with Crippen LogP contribution in [0.3, 0.4) is 0 Å². The van der Waals surface area contributed by atoms with Crippen LogP contribution in [0.1, 0.15) is 19.4 Å². The van der Waals surface area contributed by atoms with E-state index in [-0.39, 0.29) is 6.03 Å². The molecular formula is C19H24N2O4. The van der Waals surface area contributed by atoms with Crippen LogP contribution in [-0.2, 0) is 6.54 Å². The molecule has 6 heteroatoms. The van der Waals surface area contributed by atoms with Gasteiger partial charge in [0, 0.05) is 23.9 Å². The van der Waals surface area contributed by atoms with E-state index in [9.17, 15) is 4.79 Å². The third-order valence-corrected chi connectivity index (χ3v) is 3.43. The van der Waals surface area contributed by atoms with E-state index in [2.05, 4.69) is 10.6 Å². The van der Waals surface area contributed by atoms with Crippen LogP contribution in [-0.4, -0.2) is 26.4 Å². The van der Waals surface area contributed by atoms with Gasteiger partial charge in [-0.25, -0.2) is 4.79 Å². The largest absolute Gasteiger partial charge is 0.496 e. The Balaban J connectivity index is 1.99. The van der Waals surface area contributed by atoms with Crippen molar-refractivity contribution in [2.24, 2.45) is 0 Å². The molecule has 6 nitrogen and oxygen atoms in total. The van der Waals surface area contributed by atoms with Crippen molar-refractivity contribution in [1.29, 1.82) is 0 Å². The van der Waals surface area contributed by atoms with E-state index in [1.165, 1.54) is 0 Å². The van der Waals surface area contributed by atoms with Crippen molar-refractivity contribution in [2.75, 3.05) is 25.6 Å². The van der Waals surface area contributed by atoms with Crippen LogP contribution in [0.15, 0.2) is 42.5 Å². The number of benzene rings is 2. The number of carbonyl (C=O) groups excluding carboxylic acids is 1. The number of methoxy groups -OCH3 is 1. The van der Waals surface area contributed by atoms with Gasteiger partial charge in [-0.1, -0.05) is 18.2 Å². The fourth-order valence-corrected chi connectivity index (χ4v) is 2.33. The second-order valence-corrected chi connectivity index (χ2v) is 5.15. The van der Waals surface area contributed by atoms with E-state index >= 15 is 0 Å². The molecule has 0 unspecified atom stereocenters. The van der Waals surface area contributed by atoms with Crippen LogP contribution in [0.25, 0.3) is 0 Å². The smallest absolute Gasteiger partial charge is 0.319 e. The summed E-state index contributed by atoms with van der Waals surface area (Å²) in [6.07, 6.45) is 0. The van der Waals surface area contributed by atoms with Crippen LogP contribution in [0.4, 0.5) is 10.5 Å². The van der Waals surface area contributed by atoms with Crippen molar-refractivity contribution in [3.8, 4) is 17.2 Å². The first kappa shape index (κ1) is 18.4. The molecule has 0 aliphatic carbocycles. The van der Waals surface area contributed by atoms with E-state index in [1.54, 1.807) is 25.3 Å². The first-order valence-corrected chi connectivity index (χ1v) is 8.24. The van der Waals surface area contributed by atoms with E-state index in [0.29, 0.717) is 36.9 Å². The zero-order valence-electron chi connectivity index (χ0n) is 14.8. The summed E-state index contributed by atoms with van der Waals surface area (Å²) in [5, 5.41) is 5.60. The zero-order chi connectivity index (χ0) is 18.1. The second-order valence-electron chi connectivity index (χ2n) is 5.15. The summed E-state index contributed by atoms with van der Waals surface area (Å²) in [6, 6.07) is 12.5. The predicted octanol–water partition coefficient (Wildman–Crippen LogP) is 3.81. The van der Waals surface area contributed by atoms with Gasteiger partial charge in [0.2, 0.25) is 0 Å². The Hall–Kier alpha value is -2.89. The maximum absolute atomic E-state index is 12.1. The van der Waals surface area contributed by atoms with Crippen LogP contribution in [0, 0.1) is 0 Å². The summed E-state index contributed by atoms with van der Waals surface area (Å²) in [5.74, 6) is 2.00. The maximum Gasteiger partial charge on any atom is 0.319 e. The number of urea groups is 1. The molecule has 0 aromatic heterocycles. The lowest BCUT2D eigenvalue weighted by Crippen LogP contribution is -2.28. The zero-order valence-corrected chi connectivity index (χ0v) is 14.8. The third kappa shape index (κ3) is 5.31. The summed E-state index contributed by atoms with van der Waals surface area (Å²) in [6.45, 7) is 5.24. The number of ether oxygens (including phenoxy) is 3. The molecule has 0 aliphatic rings. The lowest BCUT2D eigenvalue weighted by Gasteiger charge is -2.14. The summed E-state index contributed by atoms with van der Waals surface area (Å²) in [7, 11) is 1.61. The minimum Gasteiger partial charge on any atom is -0.496 e. The number of nitrogens with one attached hydrogen (secondary N) is 2. The van der Waals surface area contributed by atoms with Gasteiger partial charge in [0.15, 0.2) is 11.5 Å². The SMILES string of the molecule is CCOc1ccc(NC(=O)NCc2ccccc2OC)cc1OCC. The number of para-hydroxylation sites is 1. The lowest BCUT2D eigenvalue weighted by molar-refractivity contribution is 0.251. The molecule has 0 saturated heterocycles. The van der Waals surface area contributed by atoms with Crippen LogP contribution < -0.4 is 24.8 Å². The van der Waals surface area contributed by atoms with Crippen molar-refractivity contribution in [3.05, 3.63) is 48.0 Å². The van der Waals surface area contributed by atoms with E-state index in [1.807, 2.05) is 38.1 Å². The number of rotatable bonds is 8. The molecule has 0 heterocycles. The summed E-state index contributed by atoms with van der Waals surface area (Å²) in [5.41, 5.74) is 1.53. The number of hydrogen-bond acceptors (Lipinski definition) is 4. The minimum atomic E-state index is -0.308. The molecule has 0 bridgehead atoms. The first-order valence-electron chi connectivity index (χ1n) is 8.24. The fourth-order valence-electron chi connectivity index (χ4n) is 2.33. The second kappa shape index (κ2) is 9.42. The Morgan fingerprint density at radius 1 is 0.960 bits per heavy atom. The quantitative estimate of drug-likeness (QED) is 0.764. The maximum atomic E-state index is 12.1. The molecule has 0 saturated carbocycles. The van der Waals surface area contributed by atoms with Crippen molar-refractivity contribution >= 4 is 11.7 Å². The van der Waals surface area contributed by atoms with Gasteiger partial charge in [-0.3, -0.25) is 0 Å². The van der Waals surface area contributed by atoms with Gasteiger partial charge < -0.3 is 24.8 Å². The van der Waals surface area contributed by atoms with Crippen LogP contribution in [0.5, 0.6) is 17.2 Å². The van der Waals surface area contributed by atoms with Gasteiger partial charge in [0.25, 0.3) is 0 Å². The molecule has 2 aromatic rings. The van der Waals surface area contributed by atoms with E-state index < -0.39 is 0 Å². The van der Waals surface area contributed by atoms with Gasteiger partial charge in [-0.05, 0) is 32.0 Å². The molecule has 25 heavy (non-hydrogen) atoms.